The molecule has 0 aromatic heterocycles. The van der Waals surface area contributed by atoms with E-state index in [9.17, 15) is 19.8 Å². The SMILES string of the molecule is CCC(C(=O)N[C@@](O)(C(=O)O)[C@H](N)C(C)C)c1ccccc1. The molecule has 0 heterocycles. The molecule has 1 rings (SSSR count). The molecule has 1 aromatic carbocycles. The number of aliphatic carboxylic acids is 1. The number of carboxylic acid groups (broad SMARTS) is 1. The molecule has 0 bridgehead atoms. The summed E-state index contributed by atoms with van der Waals surface area (Å²) in [5.74, 6) is -3.00. The molecular weight excluding hydrogens is 284 g/mol. The highest BCUT2D eigenvalue weighted by molar-refractivity contribution is 5.90. The summed E-state index contributed by atoms with van der Waals surface area (Å²) in [6, 6.07) is 7.88. The van der Waals surface area contributed by atoms with Crippen molar-refractivity contribution in [2.45, 2.75) is 44.9 Å². The van der Waals surface area contributed by atoms with Crippen molar-refractivity contribution in [3.63, 3.8) is 0 Å². The Morgan fingerprint density at radius 2 is 1.82 bits per heavy atom. The van der Waals surface area contributed by atoms with Crippen LogP contribution in [0.3, 0.4) is 0 Å². The van der Waals surface area contributed by atoms with E-state index in [1.807, 2.05) is 13.0 Å². The number of carbonyl (C=O) groups excluding carboxylic acids is 1. The van der Waals surface area contributed by atoms with Gasteiger partial charge in [-0.15, -0.1) is 0 Å². The molecule has 0 fully saturated rings. The number of benzene rings is 1. The van der Waals surface area contributed by atoms with Crippen LogP contribution in [0.4, 0.5) is 0 Å². The number of aliphatic hydroxyl groups is 1. The predicted octanol–water partition coefficient (Wildman–Crippen LogP) is 1.05. The van der Waals surface area contributed by atoms with Gasteiger partial charge in [0.1, 0.15) is 0 Å². The third kappa shape index (κ3) is 3.84. The summed E-state index contributed by atoms with van der Waals surface area (Å²) in [5.41, 5.74) is 4.04. The lowest BCUT2D eigenvalue weighted by Gasteiger charge is -2.34. The van der Waals surface area contributed by atoms with Crippen LogP contribution in [0, 0.1) is 5.92 Å². The van der Waals surface area contributed by atoms with E-state index in [4.69, 9.17) is 5.73 Å². The van der Waals surface area contributed by atoms with Crippen molar-refractivity contribution in [1.82, 2.24) is 5.32 Å². The maximum atomic E-state index is 12.4. The molecule has 0 radical (unpaired) electrons. The molecule has 0 aliphatic carbocycles. The molecule has 6 nitrogen and oxygen atoms in total. The molecule has 0 aliphatic rings. The van der Waals surface area contributed by atoms with Crippen LogP contribution in [0.1, 0.15) is 38.7 Å². The summed E-state index contributed by atoms with van der Waals surface area (Å²) < 4.78 is 0. The van der Waals surface area contributed by atoms with E-state index in [2.05, 4.69) is 5.32 Å². The zero-order valence-corrected chi connectivity index (χ0v) is 13.1. The van der Waals surface area contributed by atoms with Crippen molar-refractivity contribution in [2.75, 3.05) is 0 Å². The van der Waals surface area contributed by atoms with Crippen LogP contribution in [0.25, 0.3) is 0 Å². The fraction of sp³-hybridized carbons (Fsp3) is 0.500. The number of hydrogen-bond donors (Lipinski definition) is 4. The van der Waals surface area contributed by atoms with Crippen molar-refractivity contribution in [1.29, 1.82) is 0 Å². The molecule has 0 saturated heterocycles. The lowest BCUT2D eigenvalue weighted by molar-refractivity contribution is -0.170. The molecule has 1 aromatic rings. The zero-order chi connectivity index (χ0) is 16.9. The standard InChI is InChI=1S/C16H24N2O4/c1-4-12(11-8-6-5-7-9-11)14(19)18-16(22,15(20)21)13(17)10(2)3/h5-10,12-13,22H,4,17H2,1-3H3,(H,18,19)(H,20,21)/t12?,13-,16+/m1/s1. The number of carbonyl (C=O) groups is 2. The number of nitrogens with one attached hydrogen (secondary N) is 1. The van der Waals surface area contributed by atoms with Crippen LogP contribution in [0.5, 0.6) is 0 Å². The Labute approximate surface area is 130 Å². The minimum atomic E-state index is -2.49. The van der Waals surface area contributed by atoms with Crippen LogP contribution in [0.15, 0.2) is 30.3 Å². The van der Waals surface area contributed by atoms with E-state index in [0.29, 0.717) is 6.42 Å². The molecule has 3 atom stereocenters. The first-order chi connectivity index (χ1) is 10.2. The number of hydrogen-bond acceptors (Lipinski definition) is 4. The van der Waals surface area contributed by atoms with Crippen LogP contribution in [-0.2, 0) is 9.59 Å². The summed E-state index contributed by atoms with van der Waals surface area (Å²) >= 11 is 0. The minimum absolute atomic E-state index is 0.321. The first-order valence-electron chi connectivity index (χ1n) is 7.32. The molecular formula is C16H24N2O4. The highest BCUT2D eigenvalue weighted by Gasteiger charge is 2.46. The van der Waals surface area contributed by atoms with E-state index >= 15 is 0 Å². The van der Waals surface area contributed by atoms with Crippen molar-refractivity contribution in [3.05, 3.63) is 35.9 Å². The normalized spacial score (nSPS) is 16.6. The third-order valence-corrected chi connectivity index (χ3v) is 3.77. The Hall–Kier alpha value is -1.92. The summed E-state index contributed by atoms with van der Waals surface area (Å²) in [6.45, 7) is 5.18. The molecule has 122 valence electrons. The summed E-state index contributed by atoms with van der Waals surface area (Å²) in [5, 5.41) is 21.8. The predicted molar refractivity (Wildman–Crippen MR) is 83.0 cm³/mol. The van der Waals surface area contributed by atoms with Gasteiger partial charge in [0.05, 0.1) is 12.0 Å². The Balaban J connectivity index is 3.03. The smallest absolute Gasteiger partial charge is 0.358 e. The largest absolute Gasteiger partial charge is 0.478 e. The second-order valence-corrected chi connectivity index (χ2v) is 5.70. The Morgan fingerprint density at radius 3 is 2.23 bits per heavy atom. The van der Waals surface area contributed by atoms with Gasteiger partial charge in [-0.05, 0) is 17.9 Å². The lowest BCUT2D eigenvalue weighted by atomic mass is 9.91. The number of amides is 1. The van der Waals surface area contributed by atoms with Gasteiger partial charge < -0.3 is 21.3 Å². The van der Waals surface area contributed by atoms with Crippen molar-refractivity contribution < 1.29 is 19.8 Å². The summed E-state index contributed by atoms with van der Waals surface area (Å²) in [6.07, 6.45) is 0.475. The van der Waals surface area contributed by atoms with Gasteiger partial charge in [-0.2, -0.15) is 0 Å². The van der Waals surface area contributed by atoms with Gasteiger partial charge in [0, 0.05) is 0 Å². The highest BCUT2D eigenvalue weighted by atomic mass is 16.4. The number of rotatable bonds is 7. The molecule has 0 spiro atoms. The Kier molecular flexibility index (Phi) is 6.08. The molecule has 22 heavy (non-hydrogen) atoms. The maximum absolute atomic E-state index is 12.4. The molecule has 1 amide bonds. The molecule has 0 saturated carbocycles. The van der Waals surface area contributed by atoms with Gasteiger partial charge in [-0.25, -0.2) is 4.79 Å². The van der Waals surface area contributed by atoms with E-state index in [1.165, 1.54) is 0 Å². The first kappa shape index (κ1) is 18.1. The molecule has 6 heteroatoms. The van der Waals surface area contributed by atoms with Crippen LogP contribution >= 0.6 is 0 Å². The quantitative estimate of drug-likeness (QED) is 0.562. The molecule has 0 aliphatic heterocycles. The van der Waals surface area contributed by atoms with Gasteiger partial charge in [0.15, 0.2) is 0 Å². The van der Waals surface area contributed by atoms with E-state index in [-0.39, 0.29) is 5.92 Å². The van der Waals surface area contributed by atoms with Crippen LogP contribution < -0.4 is 11.1 Å². The first-order valence-corrected chi connectivity index (χ1v) is 7.32. The fourth-order valence-corrected chi connectivity index (χ4v) is 2.29. The summed E-state index contributed by atoms with van der Waals surface area (Å²) in [4.78, 5) is 23.8. The van der Waals surface area contributed by atoms with Crippen molar-refractivity contribution in [3.8, 4) is 0 Å². The topological polar surface area (TPSA) is 113 Å². The van der Waals surface area contributed by atoms with E-state index < -0.39 is 29.6 Å². The summed E-state index contributed by atoms with van der Waals surface area (Å²) in [7, 11) is 0. The monoisotopic (exact) mass is 308 g/mol. The van der Waals surface area contributed by atoms with E-state index in [0.717, 1.165) is 5.56 Å². The minimum Gasteiger partial charge on any atom is -0.478 e. The molecule has 1 unspecified atom stereocenters. The second kappa shape index (κ2) is 7.38. The maximum Gasteiger partial charge on any atom is 0.358 e. The second-order valence-electron chi connectivity index (χ2n) is 5.70. The highest BCUT2D eigenvalue weighted by Crippen LogP contribution is 2.22. The van der Waals surface area contributed by atoms with Gasteiger partial charge in [-0.3, -0.25) is 4.79 Å². The number of nitrogens with two attached hydrogens (primary N) is 1. The van der Waals surface area contributed by atoms with Crippen LogP contribution in [0.2, 0.25) is 0 Å². The van der Waals surface area contributed by atoms with Gasteiger partial charge in [-0.1, -0.05) is 51.1 Å². The number of carboxylic acids is 1. The van der Waals surface area contributed by atoms with Gasteiger partial charge >= 0.3 is 5.97 Å². The van der Waals surface area contributed by atoms with Crippen molar-refractivity contribution in [2.24, 2.45) is 11.7 Å². The average Bonchev–Trinajstić information content (AvgIpc) is 2.47. The third-order valence-electron chi connectivity index (χ3n) is 3.77. The Morgan fingerprint density at radius 1 is 1.27 bits per heavy atom. The Bertz CT molecular complexity index is 518. The van der Waals surface area contributed by atoms with E-state index in [1.54, 1.807) is 38.1 Å². The molecule has 5 N–H and O–H groups in total. The van der Waals surface area contributed by atoms with Crippen LogP contribution in [-0.4, -0.2) is 33.9 Å². The lowest BCUT2D eigenvalue weighted by Crippen LogP contribution is -2.67. The van der Waals surface area contributed by atoms with Crippen molar-refractivity contribution >= 4 is 11.9 Å². The van der Waals surface area contributed by atoms with Gasteiger partial charge in [0.2, 0.25) is 5.91 Å². The van der Waals surface area contributed by atoms with Gasteiger partial charge in [0.25, 0.3) is 5.72 Å². The fourth-order valence-electron chi connectivity index (χ4n) is 2.29. The average molecular weight is 308 g/mol. The zero-order valence-electron chi connectivity index (χ0n) is 13.1.